The van der Waals surface area contributed by atoms with Crippen LogP contribution in [0.25, 0.3) is 0 Å². The van der Waals surface area contributed by atoms with E-state index in [-0.39, 0.29) is 24.3 Å². The van der Waals surface area contributed by atoms with Crippen LogP contribution in [-0.2, 0) is 16.1 Å². The normalized spacial score (nSPS) is 20.9. The summed E-state index contributed by atoms with van der Waals surface area (Å²) in [5.41, 5.74) is 2.22. The van der Waals surface area contributed by atoms with E-state index in [1.165, 1.54) is 0 Å². The first-order valence-corrected chi connectivity index (χ1v) is 7.09. The Balaban J connectivity index is 1.58. The van der Waals surface area contributed by atoms with Gasteiger partial charge in [-0.1, -0.05) is 24.3 Å². The molecule has 1 fully saturated rings. The molecule has 1 aromatic rings. The molecule has 1 aromatic carbocycles. The van der Waals surface area contributed by atoms with Gasteiger partial charge >= 0.3 is 0 Å². The molecule has 1 atom stereocenters. The zero-order valence-corrected chi connectivity index (χ0v) is 11.3. The highest BCUT2D eigenvalue weighted by Crippen LogP contribution is 2.23. The lowest BCUT2D eigenvalue weighted by Crippen LogP contribution is -2.43. The lowest BCUT2D eigenvalue weighted by molar-refractivity contribution is -0.127. The minimum absolute atomic E-state index is 0.0635. The predicted octanol–water partition coefficient (Wildman–Crippen LogP) is 0.268. The van der Waals surface area contributed by atoms with E-state index in [9.17, 15) is 9.59 Å². The summed E-state index contributed by atoms with van der Waals surface area (Å²) in [7, 11) is 0. The van der Waals surface area contributed by atoms with Gasteiger partial charge in [-0.05, 0) is 24.0 Å². The molecule has 0 spiro atoms. The van der Waals surface area contributed by atoms with Crippen LogP contribution >= 0.6 is 0 Å². The fourth-order valence-corrected chi connectivity index (χ4v) is 2.53. The molecule has 2 amide bonds. The summed E-state index contributed by atoms with van der Waals surface area (Å²) in [6, 6.07) is 8.27. The summed E-state index contributed by atoms with van der Waals surface area (Å²) in [5.74, 6) is -0.401. The summed E-state index contributed by atoms with van der Waals surface area (Å²) >= 11 is 0. The standard InChI is InChI=1S/C15H19N3O2/c19-14(18-11-5-6-11)9-17-15(20)13-8-16-7-10-3-1-2-4-12(10)13/h1-4,11,13,16H,5-9H2,(H,17,20)(H,18,19). The molecule has 0 aromatic heterocycles. The smallest absolute Gasteiger partial charge is 0.239 e. The zero-order valence-electron chi connectivity index (χ0n) is 11.3. The molecule has 0 radical (unpaired) electrons. The van der Waals surface area contributed by atoms with Crippen LogP contribution in [0.5, 0.6) is 0 Å². The maximum atomic E-state index is 12.2. The number of carbonyl (C=O) groups excluding carboxylic acids is 2. The quantitative estimate of drug-likeness (QED) is 0.737. The van der Waals surface area contributed by atoms with Gasteiger partial charge in [0.05, 0.1) is 12.5 Å². The van der Waals surface area contributed by atoms with Gasteiger partial charge in [0.15, 0.2) is 0 Å². The number of rotatable bonds is 4. The number of benzene rings is 1. The lowest BCUT2D eigenvalue weighted by atomic mass is 9.90. The van der Waals surface area contributed by atoms with Crippen LogP contribution in [0.2, 0.25) is 0 Å². The first-order valence-electron chi connectivity index (χ1n) is 7.09. The Morgan fingerprint density at radius 1 is 1.25 bits per heavy atom. The van der Waals surface area contributed by atoms with Crippen molar-refractivity contribution >= 4 is 11.8 Å². The van der Waals surface area contributed by atoms with E-state index < -0.39 is 0 Å². The summed E-state index contributed by atoms with van der Waals surface area (Å²) in [5, 5.41) is 8.84. The predicted molar refractivity (Wildman–Crippen MR) is 75.1 cm³/mol. The van der Waals surface area contributed by atoms with Gasteiger partial charge in [0.1, 0.15) is 0 Å². The summed E-state index contributed by atoms with van der Waals surface area (Å²) in [4.78, 5) is 23.8. The third kappa shape index (κ3) is 2.99. The van der Waals surface area contributed by atoms with Crippen molar-refractivity contribution in [1.29, 1.82) is 0 Å². The van der Waals surface area contributed by atoms with Crippen LogP contribution in [0.3, 0.4) is 0 Å². The van der Waals surface area contributed by atoms with Crippen molar-refractivity contribution in [2.75, 3.05) is 13.1 Å². The Labute approximate surface area is 118 Å². The molecular weight excluding hydrogens is 254 g/mol. The van der Waals surface area contributed by atoms with Crippen molar-refractivity contribution in [2.24, 2.45) is 0 Å². The number of amides is 2. The molecule has 2 aliphatic rings. The van der Waals surface area contributed by atoms with Crippen LogP contribution in [0, 0.1) is 0 Å². The molecule has 5 heteroatoms. The second kappa shape index (κ2) is 5.63. The Bertz CT molecular complexity index is 526. The van der Waals surface area contributed by atoms with Crippen molar-refractivity contribution in [3.63, 3.8) is 0 Å². The van der Waals surface area contributed by atoms with Gasteiger partial charge in [-0.15, -0.1) is 0 Å². The van der Waals surface area contributed by atoms with Crippen LogP contribution in [0.4, 0.5) is 0 Å². The molecule has 5 nitrogen and oxygen atoms in total. The molecule has 106 valence electrons. The molecule has 3 N–H and O–H groups in total. The summed E-state index contributed by atoms with van der Waals surface area (Å²) in [6.07, 6.45) is 2.11. The zero-order chi connectivity index (χ0) is 13.9. The third-order valence-corrected chi connectivity index (χ3v) is 3.78. The topological polar surface area (TPSA) is 70.2 Å². The molecule has 0 saturated heterocycles. The average Bonchev–Trinajstić information content (AvgIpc) is 3.28. The second-order valence-electron chi connectivity index (χ2n) is 5.44. The van der Waals surface area contributed by atoms with Crippen molar-refractivity contribution in [3.05, 3.63) is 35.4 Å². The third-order valence-electron chi connectivity index (χ3n) is 3.78. The van der Waals surface area contributed by atoms with Crippen LogP contribution in [0.15, 0.2) is 24.3 Å². The van der Waals surface area contributed by atoms with Gasteiger partial charge in [-0.25, -0.2) is 0 Å². The molecule has 1 heterocycles. The number of nitrogens with one attached hydrogen (secondary N) is 3. The lowest BCUT2D eigenvalue weighted by Gasteiger charge is -2.25. The number of fused-ring (bicyclic) bond motifs is 1. The molecular formula is C15H19N3O2. The molecule has 1 saturated carbocycles. The van der Waals surface area contributed by atoms with Crippen molar-refractivity contribution in [1.82, 2.24) is 16.0 Å². The molecule has 1 unspecified atom stereocenters. The van der Waals surface area contributed by atoms with Gasteiger partial charge in [-0.2, -0.15) is 0 Å². The molecule has 1 aliphatic carbocycles. The van der Waals surface area contributed by atoms with Gasteiger partial charge in [0.25, 0.3) is 0 Å². The first-order chi connectivity index (χ1) is 9.74. The van der Waals surface area contributed by atoms with E-state index >= 15 is 0 Å². The van der Waals surface area contributed by atoms with E-state index in [0.29, 0.717) is 12.6 Å². The highest BCUT2D eigenvalue weighted by molar-refractivity contribution is 5.89. The summed E-state index contributed by atoms with van der Waals surface area (Å²) in [6.45, 7) is 1.48. The Hall–Kier alpha value is -1.88. The fraction of sp³-hybridized carbons (Fsp3) is 0.467. The molecule has 3 rings (SSSR count). The molecule has 20 heavy (non-hydrogen) atoms. The SMILES string of the molecule is O=C(CNC(=O)C1CNCc2ccccc21)NC1CC1. The van der Waals surface area contributed by atoms with Crippen molar-refractivity contribution in [2.45, 2.75) is 31.3 Å². The largest absolute Gasteiger partial charge is 0.352 e. The van der Waals surface area contributed by atoms with Gasteiger partial charge in [-0.3, -0.25) is 9.59 Å². The van der Waals surface area contributed by atoms with Gasteiger partial charge in [0.2, 0.25) is 11.8 Å². The highest BCUT2D eigenvalue weighted by atomic mass is 16.2. The second-order valence-corrected chi connectivity index (χ2v) is 5.44. The van der Waals surface area contributed by atoms with E-state index in [2.05, 4.69) is 16.0 Å². The average molecular weight is 273 g/mol. The van der Waals surface area contributed by atoms with Crippen LogP contribution in [-0.4, -0.2) is 30.9 Å². The monoisotopic (exact) mass is 273 g/mol. The van der Waals surface area contributed by atoms with E-state index in [1.54, 1.807) is 0 Å². The number of carbonyl (C=O) groups is 2. The van der Waals surface area contributed by atoms with Crippen LogP contribution in [0.1, 0.15) is 29.9 Å². The Kier molecular flexibility index (Phi) is 3.69. The fourth-order valence-electron chi connectivity index (χ4n) is 2.53. The number of hydrogen-bond donors (Lipinski definition) is 3. The van der Waals surface area contributed by atoms with Gasteiger partial charge < -0.3 is 16.0 Å². The minimum atomic E-state index is -0.214. The molecule has 1 aliphatic heterocycles. The van der Waals surface area contributed by atoms with Crippen LogP contribution < -0.4 is 16.0 Å². The van der Waals surface area contributed by atoms with E-state index in [1.807, 2.05) is 24.3 Å². The Morgan fingerprint density at radius 2 is 2.05 bits per heavy atom. The van der Waals surface area contributed by atoms with Gasteiger partial charge in [0, 0.05) is 19.1 Å². The van der Waals surface area contributed by atoms with E-state index in [0.717, 1.165) is 30.5 Å². The first kappa shape index (κ1) is 13.1. The summed E-state index contributed by atoms with van der Waals surface area (Å²) < 4.78 is 0. The van der Waals surface area contributed by atoms with Crippen molar-refractivity contribution < 1.29 is 9.59 Å². The number of hydrogen-bond acceptors (Lipinski definition) is 3. The highest BCUT2D eigenvalue weighted by Gasteiger charge is 2.27. The minimum Gasteiger partial charge on any atom is -0.352 e. The Morgan fingerprint density at radius 3 is 2.85 bits per heavy atom. The maximum absolute atomic E-state index is 12.2. The maximum Gasteiger partial charge on any atom is 0.239 e. The molecule has 0 bridgehead atoms. The van der Waals surface area contributed by atoms with Crippen molar-refractivity contribution in [3.8, 4) is 0 Å². The van der Waals surface area contributed by atoms with E-state index in [4.69, 9.17) is 0 Å².